The molecule has 0 saturated carbocycles. The number of carbonyl (C=O) groups is 2. The standard InChI is InChI=1S/C27H36N4O4/c1-25(2,3)34-23(32)27(7,28)18-12-10-17(11-13-18)19-14-15-21-20(22(19)30(8)9)16-29-31(21)24(33)35-26(4,5)6/h10-16H,28H2,1-9H3. The molecule has 0 aliphatic heterocycles. The molecule has 1 heterocycles. The number of anilines is 1. The zero-order valence-corrected chi connectivity index (χ0v) is 22.1. The van der Waals surface area contributed by atoms with Gasteiger partial charge in [-0.15, -0.1) is 0 Å². The molecular formula is C27H36N4O4. The van der Waals surface area contributed by atoms with Gasteiger partial charge in [0.15, 0.2) is 0 Å². The Kier molecular flexibility index (Phi) is 6.74. The Labute approximate surface area is 207 Å². The van der Waals surface area contributed by atoms with Gasteiger partial charge in [0, 0.05) is 25.0 Å². The predicted molar refractivity (Wildman–Crippen MR) is 139 cm³/mol. The highest BCUT2D eigenvalue weighted by molar-refractivity contribution is 6.02. The number of nitrogens with two attached hydrogens (primary N) is 1. The van der Waals surface area contributed by atoms with E-state index in [1.54, 1.807) is 13.1 Å². The fraction of sp³-hybridized carbons (Fsp3) is 0.444. The third-order valence-electron chi connectivity index (χ3n) is 5.36. The van der Waals surface area contributed by atoms with Crippen molar-refractivity contribution < 1.29 is 19.1 Å². The lowest BCUT2D eigenvalue weighted by molar-refractivity contribution is -0.161. The molecule has 35 heavy (non-hydrogen) atoms. The average molecular weight is 481 g/mol. The van der Waals surface area contributed by atoms with Crippen LogP contribution >= 0.6 is 0 Å². The monoisotopic (exact) mass is 480 g/mol. The first kappa shape index (κ1) is 26.2. The second-order valence-corrected chi connectivity index (χ2v) is 11.1. The third-order valence-corrected chi connectivity index (χ3v) is 5.36. The summed E-state index contributed by atoms with van der Waals surface area (Å²) in [5, 5.41) is 5.12. The van der Waals surface area contributed by atoms with Crippen LogP contribution in [0.4, 0.5) is 10.5 Å². The zero-order chi connectivity index (χ0) is 26.3. The molecule has 1 unspecified atom stereocenters. The Morgan fingerprint density at radius 3 is 1.97 bits per heavy atom. The molecule has 0 saturated heterocycles. The maximum atomic E-state index is 12.7. The molecule has 188 valence electrons. The molecule has 1 atom stereocenters. The van der Waals surface area contributed by atoms with Gasteiger partial charge in [0.2, 0.25) is 0 Å². The van der Waals surface area contributed by atoms with Gasteiger partial charge in [-0.3, -0.25) is 0 Å². The highest BCUT2D eigenvalue weighted by Crippen LogP contribution is 2.37. The van der Waals surface area contributed by atoms with Crippen molar-refractivity contribution in [3.05, 3.63) is 48.2 Å². The third kappa shape index (κ3) is 5.65. The minimum atomic E-state index is -1.28. The molecule has 0 amide bonds. The number of hydrogen-bond acceptors (Lipinski definition) is 7. The van der Waals surface area contributed by atoms with Crippen LogP contribution in [0.5, 0.6) is 0 Å². The topological polar surface area (TPSA) is 99.7 Å². The summed E-state index contributed by atoms with van der Waals surface area (Å²) in [4.78, 5) is 27.3. The maximum absolute atomic E-state index is 12.7. The largest absolute Gasteiger partial charge is 0.458 e. The van der Waals surface area contributed by atoms with E-state index >= 15 is 0 Å². The van der Waals surface area contributed by atoms with Crippen LogP contribution < -0.4 is 10.6 Å². The normalized spacial score (nSPS) is 13.9. The van der Waals surface area contributed by atoms with E-state index in [1.165, 1.54) is 4.68 Å². The summed E-state index contributed by atoms with van der Waals surface area (Å²) in [6.07, 6.45) is 1.14. The van der Waals surface area contributed by atoms with Crippen molar-refractivity contribution in [3.63, 3.8) is 0 Å². The van der Waals surface area contributed by atoms with E-state index < -0.39 is 28.8 Å². The molecular weight excluding hydrogens is 444 g/mol. The lowest BCUT2D eigenvalue weighted by atomic mass is 9.90. The summed E-state index contributed by atoms with van der Waals surface area (Å²) in [7, 11) is 3.88. The number of benzene rings is 2. The summed E-state index contributed by atoms with van der Waals surface area (Å²) in [5.41, 5.74) is 7.94. The van der Waals surface area contributed by atoms with Crippen LogP contribution in [0.2, 0.25) is 0 Å². The molecule has 0 bridgehead atoms. The zero-order valence-electron chi connectivity index (χ0n) is 22.1. The number of hydrogen-bond donors (Lipinski definition) is 1. The second-order valence-electron chi connectivity index (χ2n) is 11.1. The van der Waals surface area contributed by atoms with Gasteiger partial charge in [0.25, 0.3) is 0 Å². The van der Waals surface area contributed by atoms with E-state index in [0.717, 1.165) is 22.2 Å². The average Bonchev–Trinajstić information content (AvgIpc) is 3.14. The molecule has 3 aromatic rings. The van der Waals surface area contributed by atoms with Crippen LogP contribution in [0.15, 0.2) is 42.6 Å². The van der Waals surface area contributed by atoms with Crippen molar-refractivity contribution in [3.8, 4) is 11.1 Å². The van der Waals surface area contributed by atoms with Crippen molar-refractivity contribution in [2.45, 2.75) is 65.2 Å². The van der Waals surface area contributed by atoms with E-state index in [1.807, 2.05) is 96.9 Å². The van der Waals surface area contributed by atoms with Crippen LogP contribution in [0, 0.1) is 0 Å². The molecule has 3 rings (SSSR count). The van der Waals surface area contributed by atoms with Gasteiger partial charge in [0.1, 0.15) is 16.7 Å². The summed E-state index contributed by atoms with van der Waals surface area (Å²) in [6, 6.07) is 11.3. The summed E-state index contributed by atoms with van der Waals surface area (Å²) >= 11 is 0. The first-order valence-corrected chi connectivity index (χ1v) is 11.6. The molecule has 2 aromatic carbocycles. The second kappa shape index (κ2) is 9.00. The first-order chi connectivity index (χ1) is 16.0. The molecule has 0 fully saturated rings. The Morgan fingerprint density at radius 2 is 1.46 bits per heavy atom. The molecule has 1 aromatic heterocycles. The smallest absolute Gasteiger partial charge is 0.435 e. The van der Waals surface area contributed by atoms with Gasteiger partial charge >= 0.3 is 12.1 Å². The molecule has 0 aliphatic rings. The van der Waals surface area contributed by atoms with Gasteiger partial charge in [-0.1, -0.05) is 30.3 Å². The van der Waals surface area contributed by atoms with Gasteiger partial charge in [0.05, 0.1) is 17.4 Å². The van der Waals surface area contributed by atoms with Crippen LogP contribution in [-0.4, -0.2) is 47.1 Å². The van der Waals surface area contributed by atoms with Gasteiger partial charge < -0.3 is 20.1 Å². The lowest BCUT2D eigenvalue weighted by Gasteiger charge is -2.28. The van der Waals surface area contributed by atoms with Crippen molar-refractivity contribution in [2.75, 3.05) is 19.0 Å². The van der Waals surface area contributed by atoms with Gasteiger partial charge in [-0.2, -0.15) is 9.78 Å². The molecule has 8 nitrogen and oxygen atoms in total. The molecule has 0 radical (unpaired) electrons. The van der Waals surface area contributed by atoms with E-state index in [9.17, 15) is 9.59 Å². The van der Waals surface area contributed by atoms with E-state index in [2.05, 4.69) is 5.10 Å². The first-order valence-electron chi connectivity index (χ1n) is 11.6. The van der Waals surface area contributed by atoms with Crippen molar-refractivity contribution in [1.29, 1.82) is 0 Å². The van der Waals surface area contributed by atoms with Crippen molar-refractivity contribution >= 4 is 28.7 Å². The fourth-order valence-electron chi connectivity index (χ4n) is 3.75. The van der Waals surface area contributed by atoms with Crippen LogP contribution in [-0.2, 0) is 19.8 Å². The fourth-order valence-corrected chi connectivity index (χ4v) is 3.75. The van der Waals surface area contributed by atoms with Crippen LogP contribution in [0.25, 0.3) is 22.0 Å². The number of ether oxygens (including phenoxy) is 2. The van der Waals surface area contributed by atoms with E-state index in [-0.39, 0.29) is 0 Å². The Balaban J connectivity index is 2.02. The number of nitrogens with zero attached hydrogens (tertiary/aromatic N) is 3. The van der Waals surface area contributed by atoms with Crippen LogP contribution in [0.1, 0.15) is 54.0 Å². The molecule has 0 aliphatic carbocycles. The number of aromatic nitrogens is 2. The maximum Gasteiger partial charge on any atom is 0.435 e. The Bertz CT molecular complexity index is 1240. The molecule has 2 N–H and O–H groups in total. The number of fused-ring (bicyclic) bond motifs is 1. The van der Waals surface area contributed by atoms with E-state index in [4.69, 9.17) is 15.2 Å². The summed E-state index contributed by atoms with van der Waals surface area (Å²) in [5.74, 6) is -0.484. The summed E-state index contributed by atoms with van der Waals surface area (Å²) in [6.45, 7) is 12.5. The predicted octanol–water partition coefficient (Wildman–Crippen LogP) is 5.07. The van der Waals surface area contributed by atoms with Gasteiger partial charge in [-0.25, -0.2) is 9.59 Å². The molecule has 0 spiro atoms. The minimum Gasteiger partial charge on any atom is -0.458 e. The Morgan fingerprint density at radius 1 is 0.886 bits per heavy atom. The lowest BCUT2D eigenvalue weighted by Crippen LogP contribution is -2.45. The summed E-state index contributed by atoms with van der Waals surface area (Å²) < 4.78 is 12.3. The quantitative estimate of drug-likeness (QED) is 0.521. The van der Waals surface area contributed by atoms with E-state index in [0.29, 0.717) is 11.1 Å². The minimum absolute atomic E-state index is 0.484. The highest BCUT2D eigenvalue weighted by Gasteiger charge is 2.35. The van der Waals surface area contributed by atoms with Gasteiger partial charge in [-0.05, 0) is 65.7 Å². The van der Waals surface area contributed by atoms with Crippen LogP contribution in [0.3, 0.4) is 0 Å². The highest BCUT2D eigenvalue weighted by atomic mass is 16.6. The molecule has 8 heteroatoms. The number of carbonyl (C=O) groups excluding carboxylic acids is 2. The van der Waals surface area contributed by atoms with Crippen molar-refractivity contribution in [1.82, 2.24) is 9.78 Å². The Hall–Kier alpha value is -3.39. The number of esters is 1. The van der Waals surface area contributed by atoms with Crippen molar-refractivity contribution in [2.24, 2.45) is 5.73 Å². The number of rotatable bonds is 4. The SMILES string of the molecule is CN(C)c1c(-c2ccc(C(C)(N)C(=O)OC(C)(C)C)cc2)ccc2c1cnn2C(=O)OC(C)(C)C.